The van der Waals surface area contributed by atoms with Crippen molar-refractivity contribution < 1.29 is 9.59 Å². The van der Waals surface area contributed by atoms with Gasteiger partial charge in [0, 0.05) is 12.2 Å². The standard InChI is InChI=1S/C4H2Cl2O2/c5-3(7)1-2-4(6)8/h1-2H/b2-1-. The fourth-order valence-electron chi connectivity index (χ4n) is 0.131. The van der Waals surface area contributed by atoms with Gasteiger partial charge in [-0.25, -0.2) is 0 Å². The Morgan fingerprint density at radius 2 is 1.25 bits per heavy atom. The predicted octanol–water partition coefficient (Wildman–Crippen LogP) is 1.07. The third-order valence-corrected chi connectivity index (χ3v) is 0.597. The summed E-state index contributed by atoms with van der Waals surface area (Å²) in [6.07, 6.45) is 1.77. The Morgan fingerprint density at radius 3 is 1.38 bits per heavy atom. The van der Waals surface area contributed by atoms with Crippen molar-refractivity contribution in [2.24, 2.45) is 0 Å². The molecule has 0 N–H and O–H groups in total. The second kappa shape index (κ2) is 3.64. The van der Waals surface area contributed by atoms with E-state index < -0.39 is 10.5 Å². The fourth-order valence-corrected chi connectivity index (χ4v) is 0.257. The van der Waals surface area contributed by atoms with Gasteiger partial charge in [-0.15, -0.1) is 0 Å². The average molecular weight is 153 g/mol. The molecule has 0 aromatic heterocycles. The van der Waals surface area contributed by atoms with Gasteiger partial charge in [0.25, 0.3) is 0 Å². The van der Waals surface area contributed by atoms with Crippen LogP contribution in [-0.4, -0.2) is 10.5 Å². The van der Waals surface area contributed by atoms with Gasteiger partial charge in [0.2, 0.25) is 10.5 Å². The van der Waals surface area contributed by atoms with Gasteiger partial charge >= 0.3 is 0 Å². The van der Waals surface area contributed by atoms with Crippen LogP contribution in [0.2, 0.25) is 0 Å². The summed E-state index contributed by atoms with van der Waals surface area (Å²) in [4.78, 5) is 19.6. The van der Waals surface area contributed by atoms with E-state index in [2.05, 4.69) is 0 Å². The first kappa shape index (κ1) is 7.66. The molecule has 0 atom stereocenters. The minimum atomic E-state index is -0.709. The zero-order chi connectivity index (χ0) is 6.57. The first-order valence-electron chi connectivity index (χ1n) is 1.70. The molecule has 44 valence electrons. The summed E-state index contributed by atoms with van der Waals surface area (Å²) in [5.41, 5.74) is 0. The Bertz CT molecular complexity index is 123. The Labute approximate surface area is 56.1 Å². The molecule has 2 nitrogen and oxygen atoms in total. The van der Waals surface area contributed by atoms with Crippen LogP contribution in [0.1, 0.15) is 0 Å². The maximum Gasteiger partial charge on any atom is 0.245 e. The van der Waals surface area contributed by atoms with Crippen molar-refractivity contribution in [1.82, 2.24) is 0 Å². The molecule has 0 amide bonds. The van der Waals surface area contributed by atoms with Gasteiger partial charge < -0.3 is 0 Å². The molecule has 0 unspecified atom stereocenters. The molecule has 0 aliphatic rings. The van der Waals surface area contributed by atoms with Gasteiger partial charge in [0.05, 0.1) is 0 Å². The van der Waals surface area contributed by atoms with E-state index in [0.717, 1.165) is 12.2 Å². The molecule has 0 heterocycles. The van der Waals surface area contributed by atoms with E-state index in [1.807, 2.05) is 0 Å². The lowest BCUT2D eigenvalue weighted by atomic mass is 10.6. The molecule has 4 heteroatoms. The van der Waals surface area contributed by atoms with Crippen molar-refractivity contribution in [2.45, 2.75) is 0 Å². The first-order valence-corrected chi connectivity index (χ1v) is 2.45. The maximum atomic E-state index is 9.82. The van der Waals surface area contributed by atoms with Gasteiger partial charge in [-0.3, -0.25) is 9.59 Å². The molecule has 0 aliphatic heterocycles. The molecule has 0 aliphatic carbocycles. The van der Waals surface area contributed by atoms with Gasteiger partial charge in [-0.05, 0) is 23.2 Å². The van der Waals surface area contributed by atoms with E-state index in [1.165, 1.54) is 0 Å². The summed E-state index contributed by atoms with van der Waals surface area (Å²) in [5.74, 6) is 0. The van der Waals surface area contributed by atoms with E-state index in [0.29, 0.717) is 0 Å². The summed E-state index contributed by atoms with van der Waals surface area (Å²) in [7, 11) is 0. The van der Waals surface area contributed by atoms with Crippen LogP contribution in [0.4, 0.5) is 0 Å². The fraction of sp³-hybridized carbons (Fsp3) is 0. The smallest absolute Gasteiger partial charge is 0.245 e. The quantitative estimate of drug-likeness (QED) is 0.439. The van der Waals surface area contributed by atoms with E-state index in [4.69, 9.17) is 23.2 Å². The number of rotatable bonds is 2. The normalized spacial score (nSPS) is 9.75. The summed E-state index contributed by atoms with van der Waals surface area (Å²) in [6.45, 7) is 0. The van der Waals surface area contributed by atoms with Crippen LogP contribution in [0.5, 0.6) is 0 Å². The average Bonchev–Trinajstić information content (AvgIpc) is 1.61. The monoisotopic (exact) mass is 152 g/mol. The van der Waals surface area contributed by atoms with E-state index in [-0.39, 0.29) is 0 Å². The summed E-state index contributed by atoms with van der Waals surface area (Å²) in [5, 5.41) is -1.42. The molecule has 8 heavy (non-hydrogen) atoms. The molecular formula is C4H2Cl2O2. The summed E-state index contributed by atoms with van der Waals surface area (Å²) < 4.78 is 0. The van der Waals surface area contributed by atoms with Crippen LogP contribution in [0.15, 0.2) is 12.2 Å². The number of hydrogen-bond donors (Lipinski definition) is 0. The SMILES string of the molecule is O=C(Cl)/C=C\C(=O)Cl. The van der Waals surface area contributed by atoms with Crippen molar-refractivity contribution in [1.29, 1.82) is 0 Å². The molecule has 0 saturated carbocycles. The summed E-state index contributed by atoms with van der Waals surface area (Å²) >= 11 is 9.57. The lowest BCUT2D eigenvalue weighted by Crippen LogP contribution is -1.79. The molecule has 0 saturated heterocycles. The molecule has 0 rings (SSSR count). The molecule has 0 aromatic carbocycles. The van der Waals surface area contributed by atoms with Crippen molar-refractivity contribution in [3.63, 3.8) is 0 Å². The molecule has 0 bridgehead atoms. The number of carbonyl (C=O) groups is 2. The topological polar surface area (TPSA) is 34.1 Å². The zero-order valence-electron chi connectivity index (χ0n) is 3.73. The van der Waals surface area contributed by atoms with Crippen molar-refractivity contribution in [2.75, 3.05) is 0 Å². The molecule has 0 radical (unpaired) electrons. The van der Waals surface area contributed by atoms with E-state index >= 15 is 0 Å². The lowest BCUT2D eigenvalue weighted by Gasteiger charge is -1.70. The first-order chi connectivity index (χ1) is 3.63. The number of halogens is 2. The zero-order valence-corrected chi connectivity index (χ0v) is 5.24. The highest BCUT2D eigenvalue weighted by Gasteiger charge is 1.87. The minimum absolute atomic E-state index is 0.709. The van der Waals surface area contributed by atoms with E-state index in [9.17, 15) is 9.59 Å². The Balaban J connectivity index is 3.67. The van der Waals surface area contributed by atoms with Gasteiger partial charge in [0.1, 0.15) is 0 Å². The molecular weight excluding hydrogens is 151 g/mol. The molecule has 0 aromatic rings. The van der Waals surface area contributed by atoms with Crippen LogP contribution < -0.4 is 0 Å². The van der Waals surface area contributed by atoms with Crippen molar-refractivity contribution in [3.8, 4) is 0 Å². The largest absolute Gasteiger partial charge is 0.276 e. The van der Waals surface area contributed by atoms with Crippen LogP contribution >= 0.6 is 23.2 Å². The predicted molar refractivity (Wildman–Crippen MR) is 30.9 cm³/mol. The number of hydrogen-bond acceptors (Lipinski definition) is 2. The second-order valence-corrected chi connectivity index (χ2v) is 1.69. The highest BCUT2D eigenvalue weighted by molar-refractivity contribution is 6.69. The van der Waals surface area contributed by atoms with Gasteiger partial charge in [0.15, 0.2) is 0 Å². The van der Waals surface area contributed by atoms with Gasteiger partial charge in [-0.1, -0.05) is 0 Å². The van der Waals surface area contributed by atoms with Crippen molar-refractivity contribution in [3.05, 3.63) is 12.2 Å². The molecule has 0 spiro atoms. The summed E-state index contributed by atoms with van der Waals surface area (Å²) in [6, 6.07) is 0. The Hall–Kier alpha value is -0.340. The maximum absolute atomic E-state index is 9.82. The van der Waals surface area contributed by atoms with Crippen LogP contribution in [0.25, 0.3) is 0 Å². The molecule has 0 fully saturated rings. The van der Waals surface area contributed by atoms with Crippen LogP contribution in [0, 0.1) is 0 Å². The third-order valence-electron chi connectivity index (χ3n) is 0.345. The van der Waals surface area contributed by atoms with Crippen LogP contribution in [-0.2, 0) is 9.59 Å². The highest BCUT2D eigenvalue weighted by atomic mass is 35.5. The van der Waals surface area contributed by atoms with E-state index in [1.54, 1.807) is 0 Å². The Morgan fingerprint density at radius 1 is 1.00 bits per heavy atom. The van der Waals surface area contributed by atoms with Crippen LogP contribution in [0.3, 0.4) is 0 Å². The number of carbonyl (C=O) groups excluding carboxylic acids is 2. The number of allylic oxidation sites excluding steroid dienone is 2. The third kappa shape index (κ3) is 5.66. The highest BCUT2D eigenvalue weighted by Crippen LogP contribution is 1.85. The van der Waals surface area contributed by atoms with Crippen molar-refractivity contribution >= 4 is 33.7 Å². The Kier molecular flexibility index (Phi) is 3.48. The second-order valence-electron chi connectivity index (χ2n) is 0.942. The van der Waals surface area contributed by atoms with Gasteiger partial charge in [-0.2, -0.15) is 0 Å². The lowest BCUT2D eigenvalue weighted by molar-refractivity contribution is -0.109. The minimum Gasteiger partial charge on any atom is -0.276 e.